The van der Waals surface area contributed by atoms with Gasteiger partial charge in [-0.1, -0.05) is 12.1 Å². The van der Waals surface area contributed by atoms with Crippen molar-refractivity contribution >= 4 is 0 Å². The van der Waals surface area contributed by atoms with Gasteiger partial charge in [0.05, 0.1) is 5.56 Å². The van der Waals surface area contributed by atoms with Crippen molar-refractivity contribution in [2.75, 3.05) is 13.1 Å². The molecule has 3 rings (SSSR count). The van der Waals surface area contributed by atoms with E-state index >= 15 is 0 Å². The summed E-state index contributed by atoms with van der Waals surface area (Å²) in [6.07, 6.45) is -1.96. The molecule has 0 amide bonds. The smallest absolute Gasteiger partial charge is 0.316 e. The van der Waals surface area contributed by atoms with Gasteiger partial charge in [-0.05, 0) is 48.4 Å². The van der Waals surface area contributed by atoms with Crippen molar-refractivity contribution in [1.29, 1.82) is 0 Å². The molecule has 0 aromatic heterocycles. The summed E-state index contributed by atoms with van der Waals surface area (Å²) >= 11 is 0. The number of nitrogens with one attached hydrogen (secondary N) is 1. The molecule has 1 aromatic carbocycles. The predicted octanol–water partition coefficient (Wildman–Crippen LogP) is 3.17. The van der Waals surface area contributed by atoms with Crippen LogP contribution >= 0.6 is 0 Å². The van der Waals surface area contributed by atoms with Crippen LogP contribution in [0.4, 0.5) is 13.2 Å². The Morgan fingerprint density at radius 3 is 2.41 bits per heavy atom. The molecule has 2 atom stereocenters. The van der Waals surface area contributed by atoms with Crippen molar-refractivity contribution < 1.29 is 13.2 Å². The lowest BCUT2D eigenvalue weighted by Gasteiger charge is -2.10. The van der Waals surface area contributed by atoms with Crippen LogP contribution in [0, 0.1) is 5.41 Å². The average Bonchev–Trinajstić information content (AvgIpc) is 2.76. The third kappa shape index (κ3) is 1.84. The quantitative estimate of drug-likeness (QED) is 0.796. The van der Waals surface area contributed by atoms with Gasteiger partial charge in [0.15, 0.2) is 0 Å². The van der Waals surface area contributed by atoms with Crippen LogP contribution in [0.15, 0.2) is 24.3 Å². The first kappa shape index (κ1) is 11.1. The molecule has 1 aliphatic heterocycles. The molecule has 1 aromatic rings. The summed E-state index contributed by atoms with van der Waals surface area (Å²) in [4.78, 5) is 0. The summed E-state index contributed by atoms with van der Waals surface area (Å²) in [6, 6.07) is 5.68. The van der Waals surface area contributed by atoms with Crippen molar-refractivity contribution in [3.05, 3.63) is 35.4 Å². The van der Waals surface area contributed by atoms with Crippen LogP contribution in [-0.2, 0) is 6.18 Å². The van der Waals surface area contributed by atoms with Crippen LogP contribution in [0.2, 0.25) is 0 Å². The number of halogens is 3. The molecule has 0 bridgehead atoms. The Balaban J connectivity index is 1.78. The lowest BCUT2D eigenvalue weighted by Crippen LogP contribution is -2.10. The highest BCUT2D eigenvalue weighted by Gasteiger charge is 2.55. The van der Waals surface area contributed by atoms with Gasteiger partial charge in [-0.15, -0.1) is 0 Å². The van der Waals surface area contributed by atoms with E-state index in [9.17, 15) is 13.2 Å². The van der Waals surface area contributed by atoms with Gasteiger partial charge in [-0.25, -0.2) is 0 Å². The average molecular weight is 241 g/mol. The Morgan fingerprint density at radius 2 is 1.88 bits per heavy atom. The summed E-state index contributed by atoms with van der Waals surface area (Å²) in [5.74, 6) is 0.458. The lowest BCUT2D eigenvalue weighted by molar-refractivity contribution is -0.137. The van der Waals surface area contributed by atoms with E-state index in [1.54, 1.807) is 12.1 Å². The lowest BCUT2D eigenvalue weighted by atomic mass is 9.97. The number of hydrogen-bond acceptors (Lipinski definition) is 1. The third-order valence-electron chi connectivity index (χ3n) is 4.11. The Bertz CT molecular complexity index is 415. The summed E-state index contributed by atoms with van der Waals surface area (Å²) in [5, 5.41) is 3.33. The number of hydrogen-bond donors (Lipinski definition) is 1. The standard InChI is InChI=1S/C13H14F3N/c14-13(15,16)10-3-1-9(2-4-10)11-7-12(11)5-6-17-8-12/h1-4,11,17H,5-8H2/t11-,12?/m0/s1. The van der Waals surface area contributed by atoms with E-state index in [4.69, 9.17) is 0 Å². The van der Waals surface area contributed by atoms with Gasteiger partial charge in [0, 0.05) is 6.54 Å². The molecule has 1 unspecified atom stereocenters. The molecule has 1 N–H and O–H groups in total. The Labute approximate surface area is 98.0 Å². The zero-order valence-electron chi connectivity index (χ0n) is 9.35. The summed E-state index contributed by atoms with van der Waals surface area (Å²) in [6.45, 7) is 2.05. The van der Waals surface area contributed by atoms with Gasteiger partial charge in [-0.3, -0.25) is 0 Å². The summed E-state index contributed by atoms with van der Waals surface area (Å²) < 4.78 is 37.3. The second kappa shape index (κ2) is 3.48. The first-order valence-electron chi connectivity index (χ1n) is 5.89. The molecule has 1 heterocycles. The van der Waals surface area contributed by atoms with Crippen molar-refractivity contribution in [3.8, 4) is 0 Å². The van der Waals surface area contributed by atoms with Crippen LogP contribution < -0.4 is 5.32 Å². The van der Waals surface area contributed by atoms with Crippen molar-refractivity contribution in [1.82, 2.24) is 5.32 Å². The highest BCUT2D eigenvalue weighted by molar-refractivity contribution is 5.34. The van der Waals surface area contributed by atoms with E-state index in [-0.39, 0.29) is 0 Å². The largest absolute Gasteiger partial charge is 0.416 e. The van der Waals surface area contributed by atoms with Crippen LogP contribution in [0.3, 0.4) is 0 Å². The van der Waals surface area contributed by atoms with Crippen LogP contribution in [-0.4, -0.2) is 13.1 Å². The first-order valence-corrected chi connectivity index (χ1v) is 5.89. The molecule has 2 aliphatic rings. The maximum atomic E-state index is 12.4. The Morgan fingerprint density at radius 1 is 1.18 bits per heavy atom. The molecule has 17 heavy (non-hydrogen) atoms. The van der Waals surface area contributed by atoms with E-state index in [0.29, 0.717) is 11.3 Å². The van der Waals surface area contributed by atoms with E-state index in [2.05, 4.69) is 5.32 Å². The van der Waals surface area contributed by atoms with Crippen LogP contribution in [0.25, 0.3) is 0 Å². The van der Waals surface area contributed by atoms with Gasteiger partial charge in [0.25, 0.3) is 0 Å². The molecule has 1 aliphatic carbocycles. The fraction of sp³-hybridized carbons (Fsp3) is 0.538. The molecule has 1 spiro atoms. The summed E-state index contributed by atoms with van der Waals surface area (Å²) in [5.41, 5.74) is 0.849. The highest BCUT2D eigenvalue weighted by atomic mass is 19.4. The Kier molecular flexibility index (Phi) is 2.27. The first-order chi connectivity index (χ1) is 8.01. The van der Waals surface area contributed by atoms with E-state index in [0.717, 1.165) is 31.5 Å². The molecular weight excluding hydrogens is 227 g/mol. The fourth-order valence-corrected chi connectivity index (χ4v) is 2.96. The molecule has 92 valence electrons. The van der Waals surface area contributed by atoms with Gasteiger partial charge in [0.2, 0.25) is 0 Å². The second-order valence-corrected chi connectivity index (χ2v) is 5.17. The minimum absolute atomic E-state index is 0.347. The van der Waals surface area contributed by atoms with Crippen LogP contribution in [0.1, 0.15) is 29.9 Å². The second-order valence-electron chi connectivity index (χ2n) is 5.17. The maximum Gasteiger partial charge on any atom is 0.416 e. The topological polar surface area (TPSA) is 12.0 Å². The van der Waals surface area contributed by atoms with Gasteiger partial charge < -0.3 is 5.32 Å². The van der Waals surface area contributed by atoms with Crippen molar-refractivity contribution in [3.63, 3.8) is 0 Å². The number of rotatable bonds is 1. The minimum atomic E-state index is -4.23. The van der Waals surface area contributed by atoms with Crippen LogP contribution in [0.5, 0.6) is 0 Å². The number of benzene rings is 1. The van der Waals surface area contributed by atoms with Crippen molar-refractivity contribution in [2.24, 2.45) is 5.41 Å². The molecule has 1 saturated heterocycles. The molecule has 2 fully saturated rings. The molecule has 1 nitrogen and oxygen atoms in total. The molecule has 4 heteroatoms. The van der Waals surface area contributed by atoms with Crippen molar-refractivity contribution in [2.45, 2.75) is 24.9 Å². The minimum Gasteiger partial charge on any atom is -0.316 e. The SMILES string of the molecule is FC(F)(F)c1ccc([C@@H]2CC23CCNC3)cc1. The van der Waals surface area contributed by atoms with E-state index < -0.39 is 11.7 Å². The maximum absolute atomic E-state index is 12.4. The zero-order chi connectivity index (χ0) is 12.1. The number of alkyl halides is 3. The predicted molar refractivity (Wildman–Crippen MR) is 58.7 cm³/mol. The molecule has 0 radical (unpaired) electrons. The summed E-state index contributed by atoms with van der Waals surface area (Å²) in [7, 11) is 0. The normalized spacial score (nSPS) is 32.1. The monoisotopic (exact) mass is 241 g/mol. The molecule has 1 saturated carbocycles. The highest BCUT2D eigenvalue weighted by Crippen LogP contribution is 2.62. The zero-order valence-corrected chi connectivity index (χ0v) is 9.35. The van der Waals surface area contributed by atoms with Gasteiger partial charge in [0.1, 0.15) is 0 Å². The fourth-order valence-electron chi connectivity index (χ4n) is 2.96. The van der Waals surface area contributed by atoms with E-state index in [1.807, 2.05) is 0 Å². The van der Waals surface area contributed by atoms with E-state index in [1.165, 1.54) is 12.1 Å². The third-order valence-corrected chi connectivity index (χ3v) is 4.11. The Hall–Kier alpha value is -1.03. The molecular formula is C13H14F3N. The van der Waals surface area contributed by atoms with Gasteiger partial charge in [-0.2, -0.15) is 13.2 Å². The van der Waals surface area contributed by atoms with Gasteiger partial charge >= 0.3 is 6.18 Å².